The predicted octanol–water partition coefficient (Wildman–Crippen LogP) is 8.88. The number of aryl methyl sites for hydroxylation is 3. The average Bonchev–Trinajstić information content (AvgIpc) is 2.33. The van der Waals surface area contributed by atoms with Crippen molar-refractivity contribution in [3.8, 4) is 0 Å². The number of halogens is 6. The van der Waals surface area contributed by atoms with Crippen LogP contribution in [0.3, 0.4) is 0 Å². The van der Waals surface area contributed by atoms with Crippen molar-refractivity contribution in [1.82, 2.24) is 7.92 Å². The van der Waals surface area contributed by atoms with Crippen LogP contribution in [-0.2, 0) is 0 Å². The number of rotatable bonds is 0. The van der Waals surface area contributed by atoms with E-state index in [0.29, 0.717) is 0 Å². The highest BCUT2D eigenvalue weighted by Crippen LogP contribution is 2.85. The van der Waals surface area contributed by atoms with Gasteiger partial charge in [-0.25, -0.2) is 4.52 Å². The van der Waals surface area contributed by atoms with Crippen LogP contribution in [0, 0.1) is 20.8 Å². The lowest BCUT2D eigenvalue weighted by Crippen LogP contribution is -2.05. The largest absolute Gasteiger partial charge is 0.231 e. The van der Waals surface area contributed by atoms with E-state index >= 15 is 0 Å². The second-order valence-electron chi connectivity index (χ2n) is 4.17. The van der Waals surface area contributed by atoms with E-state index in [-0.39, 0.29) is 0 Å². The van der Waals surface area contributed by atoms with Crippen molar-refractivity contribution in [3.05, 3.63) is 34.9 Å². The third-order valence-electron chi connectivity index (χ3n) is 2.15. The third-order valence-corrected chi connectivity index (χ3v) is 15.9. The van der Waals surface area contributed by atoms with Gasteiger partial charge in [-0.3, -0.25) is 0 Å². The van der Waals surface area contributed by atoms with Gasteiger partial charge in [0.1, 0.15) is 0 Å². The van der Waals surface area contributed by atoms with Crippen molar-refractivity contribution in [2.75, 3.05) is 0 Å². The molecule has 3 nitrogen and oxygen atoms in total. The molecule has 0 saturated carbocycles. The van der Waals surface area contributed by atoms with Gasteiger partial charge in [0, 0.05) is 0 Å². The molecule has 1 aromatic carbocycles. The summed E-state index contributed by atoms with van der Waals surface area (Å²) in [6.07, 6.45) is 0. The van der Waals surface area contributed by atoms with E-state index in [1.807, 2.05) is 0 Å². The molecule has 0 aromatic heterocycles. The molecule has 0 aliphatic carbocycles. The van der Waals surface area contributed by atoms with Gasteiger partial charge in [-0.15, -0.1) is 7.92 Å². The number of hydrogen-bond acceptors (Lipinski definition) is 3. The maximum Gasteiger partial charge on any atom is 0.231 e. The first-order valence-corrected chi connectivity index (χ1v) is 13.9. The molecule has 2 atom stereocenters. The monoisotopic (exact) mass is 465 g/mol. The first kappa shape index (κ1) is 21.0. The topological polar surface area (TPSA) is 18.8 Å². The lowest BCUT2D eigenvalue weighted by molar-refractivity contribution is 1.06. The summed E-state index contributed by atoms with van der Waals surface area (Å²) in [4.78, 5) is 0. The molecule has 0 spiro atoms. The highest BCUT2D eigenvalue weighted by Gasteiger charge is 2.41. The summed E-state index contributed by atoms with van der Waals surface area (Å²) in [6, 6.07) is 6.56. The Bertz CT molecular complexity index is 503. The Morgan fingerprint density at radius 1 is 0.952 bits per heavy atom. The normalized spacial score (nSPS) is 25.8. The minimum absolute atomic E-state index is 1.03. The van der Waals surface area contributed by atoms with Gasteiger partial charge in [0.05, 0.1) is 0 Å². The third kappa shape index (κ3) is 6.41. The van der Waals surface area contributed by atoms with Crippen LogP contribution in [0.25, 0.3) is 0 Å². The summed E-state index contributed by atoms with van der Waals surface area (Å²) in [5.74, 6) is -2.74. The van der Waals surface area contributed by atoms with Crippen LogP contribution in [0.2, 0.25) is 0 Å². The molecular weight excluding hydrogens is 456 g/mol. The van der Waals surface area contributed by atoms with Crippen molar-refractivity contribution < 1.29 is 0 Å². The van der Waals surface area contributed by atoms with Crippen LogP contribution in [0.1, 0.15) is 16.7 Å². The number of nitrogens with zero attached hydrogens (tertiary/aromatic N) is 3. The van der Waals surface area contributed by atoms with E-state index in [1.54, 1.807) is 0 Å². The van der Waals surface area contributed by atoms with Gasteiger partial charge in [-0.1, -0.05) is 46.1 Å². The van der Waals surface area contributed by atoms with Crippen molar-refractivity contribution in [2.24, 2.45) is 4.52 Å². The van der Waals surface area contributed by atoms with Gasteiger partial charge in [-0.2, -0.15) is 0 Å². The quantitative estimate of drug-likeness (QED) is 0.280. The van der Waals surface area contributed by atoms with Crippen molar-refractivity contribution in [3.63, 3.8) is 0 Å². The van der Waals surface area contributed by atoms with Crippen LogP contribution in [0.15, 0.2) is 22.7 Å². The van der Waals surface area contributed by atoms with E-state index < -0.39 is 21.1 Å². The molecular formula is C9H12Cl6N3P3. The highest BCUT2D eigenvalue weighted by molar-refractivity contribution is 8.18. The SMILES string of the molecule is Cc1cc(C)cc(C)c1.ClN1P(Cl)N=P(Cl)(Cl)N(Cl)P1Cl. The molecule has 0 fully saturated rings. The zero-order chi connectivity index (χ0) is 16.4. The zero-order valence-electron chi connectivity index (χ0n) is 11.2. The van der Waals surface area contributed by atoms with Crippen molar-refractivity contribution in [1.29, 1.82) is 0 Å². The summed E-state index contributed by atoms with van der Waals surface area (Å²) in [5, 5.41) is 0. The van der Waals surface area contributed by atoms with Gasteiger partial charge in [0.15, 0.2) is 7.58 Å². The Morgan fingerprint density at radius 2 is 1.33 bits per heavy atom. The van der Waals surface area contributed by atoms with E-state index in [1.165, 1.54) is 16.7 Å². The maximum atomic E-state index is 5.78. The minimum atomic E-state index is -2.74. The van der Waals surface area contributed by atoms with E-state index in [4.69, 9.17) is 68.5 Å². The Labute approximate surface area is 157 Å². The lowest BCUT2D eigenvalue weighted by Gasteiger charge is -2.33. The Morgan fingerprint density at radius 3 is 1.71 bits per heavy atom. The van der Waals surface area contributed by atoms with Crippen LogP contribution in [0.4, 0.5) is 0 Å². The molecule has 0 N–H and O–H groups in total. The molecule has 21 heavy (non-hydrogen) atoms. The molecule has 1 heterocycles. The molecule has 0 saturated heterocycles. The second-order valence-corrected chi connectivity index (χ2v) is 15.8. The summed E-state index contributed by atoms with van der Waals surface area (Å²) in [6.45, 7) is 6.38. The second kappa shape index (κ2) is 8.89. The molecule has 1 aliphatic rings. The molecule has 0 amide bonds. The molecule has 1 aliphatic heterocycles. The molecule has 2 unspecified atom stereocenters. The summed E-state index contributed by atoms with van der Waals surface area (Å²) in [5.41, 5.74) is 4.06. The summed E-state index contributed by atoms with van der Waals surface area (Å²) >= 11 is 34.3. The number of benzene rings is 1. The lowest BCUT2D eigenvalue weighted by atomic mass is 10.1. The number of hydrogen-bond donors (Lipinski definition) is 0. The first-order chi connectivity index (χ1) is 9.54. The molecule has 12 heteroatoms. The fourth-order valence-electron chi connectivity index (χ4n) is 1.57. The van der Waals surface area contributed by atoms with E-state index in [9.17, 15) is 0 Å². The smallest absolute Gasteiger partial charge is 0.201 e. The minimum Gasteiger partial charge on any atom is -0.201 e. The maximum absolute atomic E-state index is 5.78. The zero-order valence-corrected chi connectivity index (χ0v) is 18.4. The molecule has 1 aromatic rings. The van der Waals surface area contributed by atoms with Crippen LogP contribution in [-0.4, -0.2) is 7.92 Å². The predicted molar refractivity (Wildman–Crippen MR) is 103 cm³/mol. The molecule has 2 rings (SSSR count). The van der Waals surface area contributed by atoms with Crippen LogP contribution < -0.4 is 0 Å². The van der Waals surface area contributed by atoms with Gasteiger partial charge in [0.2, 0.25) is 13.5 Å². The molecule has 0 bridgehead atoms. The van der Waals surface area contributed by atoms with Gasteiger partial charge in [0.25, 0.3) is 0 Å². The Kier molecular flexibility index (Phi) is 8.89. The molecule has 120 valence electrons. The standard InChI is InChI=1S/C9H12.Cl6N3P3/c1-7-4-8(2)6-9(3)5-7;1-8-10(3)7-12(5,6)9(2)11(8)4/h4-6H,1-3H3;. The van der Waals surface area contributed by atoms with E-state index in [2.05, 4.69) is 43.5 Å². The van der Waals surface area contributed by atoms with E-state index in [0.717, 1.165) is 7.92 Å². The summed E-state index contributed by atoms with van der Waals surface area (Å²) in [7, 11) is -2.94. The van der Waals surface area contributed by atoms with Crippen LogP contribution >= 0.6 is 89.6 Å². The van der Waals surface area contributed by atoms with Crippen molar-refractivity contribution >= 4 is 89.6 Å². The fraction of sp³-hybridized carbons (Fsp3) is 0.333. The fourth-order valence-corrected chi connectivity index (χ4v) is 13.6. The van der Waals surface area contributed by atoms with Crippen molar-refractivity contribution in [2.45, 2.75) is 20.8 Å². The Hall–Kier alpha value is 1.97. The van der Waals surface area contributed by atoms with Crippen LogP contribution in [0.5, 0.6) is 0 Å². The first-order valence-electron chi connectivity index (χ1n) is 5.45. The average molecular weight is 468 g/mol. The summed E-state index contributed by atoms with van der Waals surface area (Å²) < 4.78 is 5.98. The highest BCUT2D eigenvalue weighted by atomic mass is 35.9. The molecule has 0 radical (unpaired) electrons. The van der Waals surface area contributed by atoms with Gasteiger partial charge < -0.3 is 0 Å². The van der Waals surface area contributed by atoms with Gasteiger partial charge >= 0.3 is 0 Å². The Balaban J connectivity index is 0.000000219. The van der Waals surface area contributed by atoms with Gasteiger partial charge in [-0.05, 0) is 78.0 Å².